The molecule has 0 saturated heterocycles. The molecule has 0 atom stereocenters. The normalized spacial score (nSPS) is 15.8. The minimum absolute atomic E-state index is 0.0555. The number of H-pyrrole nitrogens is 1. The molecule has 1 N–H and O–H groups in total. The van der Waals surface area contributed by atoms with Crippen molar-refractivity contribution in [3.8, 4) is 11.4 Å². The molecule has 0 amide bonds. The highest BCUT2D eigenvalue weighted by Crippen LogP contribution is 2.40. The minimum Gasteiger partial charge on any atom is -0.342 e. The summed E-state index contributed by atoms with van der Waals surface area (Å²) in [6.07, 6.45) is -0.792. The fraction of sp³-hybridized carbons (Fsp3) is 0.308. The predicted octanol–water partition coefficient (Wildman–Crippen LogP) is 4.11. The quantitative estimate of drug-likeness (QED) is 0.817. The van der Waals surface area contributed by atoms with Gasteiger partial charge in [0, 0.05) is 17.8 Å². The van der Waals surface area contributed by atoms with Crippen LogP contribution in [0, 0.1) is 5.82 Å². The zero-order valence-electron chi connectivity index (χ0n) is 9.76. The monoisotopic (exact) mass is 270 g/mol. The SMILES string of the molecule is Fc1cc(C(F)(F)F)ccc1-c1ncc(C2CC2)[nH]1. The molecule has 0 bridgehead atoms. The van der Waals surface area contributed by atoms with Crippen molar-refractivity contribution in [1.29, 1.82) is 0 Å². The molecule has 2 aromatic rings. The second-order valence-corrected chi connectivity index (χ2v) is 4.65. The number of benzene rings is 1. The molecule has 1 saturated carbocycles. The third kappa shape index (κ3) is 2.34. The Balaban J connectivity index is 1.95. The summed E-state index contributed by atoms with van der Waals surface area (Å²) in [5, 5.41) is 0. The van der Waals surface area contributed by atoms with Gasteiger partial charge in [-0.1, -0.05) is 0 Å². The average molecular weight is 270 g/mol. The third-order valence-electron chi connectivity index (χ3n) is 3.16. The van der Waals surface area contributed by atoms with Crippen LogP contribution in [0.4, 0.5) is 17.6 Å². The molecule has 3 rings (SSSR count). The maximum Gasteiger partial charge on any atom is 0.416 e. The van der Waals surface area contributed by atoms with Crippen molar-refractivity contribution >= 4 is 0 Å². The first-order valence-electron chi connectivity index (χ1n) is 5.87. The van der Waals surface area contributed by atoms with Crippen molar-refractivity contribution in [2.45, 2.75) is 24.9 Å². The Morgan fingerprint density at radius 2 is 1.95 bits per heavy atom. The maximum absolute atomic E-state index is 13.7. The number of hydrogen-bond acceptors (Lipinski definition) is 1. The van der Waals surface area contributed by atoms with Gasteiger partial charge in [-0.2, -0.15) is 13.2 Å². The van der Waals surface area contributed by atoms with Gasteiger partial charge in [0.25, 0.3) is 0 Å². The van der Waals surface area contributed by atoms with Gasteiger partial charge in [0.2, 0.25) is 0 Å². The van der Waals surface area contributed by atoms with Gasteiger partial charge in [0.1, 0.15) is 11.6 Å². The van der Waals surface area contributed by atoms with E-state index in [1.165, 1.54) is 0 Å². The van der Waals surface area contributed by atoms with Crippen molar-refractivity contribution in [1.82, 2.24) is 9.97 Å². The second-order valence-electron chi connectivity index (χ2n) is 4.65. The molecule has 1 aromatic carbocycles. The van der Waals surface area contributed by atoms with Crippen LogP contribution in [0.15, 0.2) is 24.4 Å². The first kappa shape index (κ1) is 12.2. The van der Waals surface area contributed by atoms with Gasteiger partial charge in [-0.15, -0.1) is 0 Å². The van der Waals surface area contributed by atoms with Crippen molar-refractivity contribution in [2.75, 3.05) is 0 Å². The Kier molecular flexibility index (Phi) is 2.62. The molecule has 1 fully saturated rings. The molecule has 1 heterocycles. The molecular formula is C13H10F4N2. The smallest absolute Gasteiger partial charge is 0.342 e. The number of aromatic amines is 1. The van der Waals surface area contributed by atoms with Crippen molar-refractivity contribution in [2.24, 2.45) is 0 Å². The highest BCUT2D eigenvalue weighted by atomic mass is 19.4. The van der Waals surface area contributed by atoms with E-state index in [0.29, 0.717) is 12.0 Å². The van der Waals surface area contributed by atoms with Crippen LogP contribution in [-0.2, 0) is 6.18 Å². The number of nitrogens with one attached hydrogen (secondary N) is 1. The summed E-state index contributed by atoms with van der Waals surface area (Å²) < 4.78 is 51.0. The van der Waals surface area contributed by atoms with E-state index < -0.39 is 17.6 Å². The Morgan fingerprint density at radius 1 is 1.21 bits per heavy atom. The second kappa shape index (κ2) is 4.08. The molecule has 100 valence electrons. The van der Waals surface area contributed by atoms with E-state index >= 15 is 0 Å². The number of imidazole rings is 1. The lowest BCUT2D eigenvalue weighted by Crippen LogP contribution is -2.05. The average Bonchev–Trinajstić information content (AvgIpc) is 3.07. The lowest BCUT2D eigenvalue weighted by atomic mass is 10.1. The molecule has 1 aliphatic rings. The lowest BCUT2D eigenvalue weighted by Gasteiger charge is -2.07. The van der Waals surface area contributed by atoms with Crippen molar-refractivity contribution < 1.29 is 17.6 Å². The number of rotatable bonds is 2. The molecule has 2 nitrogen and oxygen atoms in total. The van der Waals surface area contributed by atoms with Crippen LogP contribution in [0.25, 0.3) is 11.4 Å². The summed E-state index contributed by atoms with van der Waals surface area (Å²) in [6.45, 7) is 0. The summed E-state index contributed by atoms with van der Waals surface area (Å²) in [6, 6.07) is 2.46. The van der Waals surface area contributed by atoms with Crippen LogP contribution in [0.5, 0.6) is 0 Å². The zero-order valence-corrected chi connectivity index (χ0v) is 9.76. The van der Waals surface area contributed by atoms with E-state index in [2.05, 4.69) is 9.97 Å². The van der Waals surface area contributed by atoms with Crippen LogP contribution < -0.4 is 0 Å². The van der Waals surface area contributed by atoms with Crippen LogP contribution in [-0.4, -0.2) is 9.97 Å². The number of aromatic nitrogens is 2. The van der Waals surface area contributed by atoms with E-state index in [1.54, 1.807) is 6.20 Å². The highest BCUT2D eigenvalue weighted by molar-refractivity contribution is 5.57. The Morgan fingerprint density at radius 3 is 2.53 bits per heavy atom. The summed E-state index contributed by atoms with van der Waals surface area (Å²) >= 11 is 0. The number of halogens is 4. The summed E-state index contributed by atoms with van der Waals surface area (Å²) in [4.78, 5) is 6.98. The van der Waals surface area contributed by atoms with Gasteiger partial charge in [0.15, 0.2) is 0 Å². The van der Waals surface area contributed by atoms with Gasteiger partial charge in [-0.25, -0.2) is 9.37 Å². The molecule has 0 unspecified atom stereocenters. The Labute approximate surface area is 106 Å². The van der Waals surface area contributed by atoms with Gasteiger partial charge in [-0.3, -0.25) is 0 Å². The fourth-order valence-electron chi connectivity index (χ4n) is 1.96. The number of alkyl halides is 3. The minimum atomic E-state index is -4.54. The molecule has 0 spiro atoms. The Hall–Kier alpha value is -1.85. The van der Waals surface area contributed by atoms with Gasteiger partial charge >= 0.3 is 6.18 Å². The number of nitrogens with zero attached hydrogens (tertiary/aromatic N) is 1. The van der Waals surface area contributed by atoms with E-state index in [0.717, 1.165) is 30.7 Å². The van der Waals surface area contributed by atoms with Gasteiger partial charge < -0.3 is 4.98 Å². The molecule has 1 aromatic heterocycles. The number of hydrogen-bond donors (Lipinski definition) is 1. The van der Waals surface area contributed by atoms with Crippen LogP contribution in [0.2, 0.25) is 0 Å². The topological polar surface area (TPSA) is 28.7 Å². The molecule has 6 heteroatoms. The fourth-order valence-corrected chi connectivity index (χ4v) is 1.96. The van der Waals surface area contributed by atoms with E-state index in [-0.39, 0.29) is 11.4 Å². The van der Waals surface area contributed by atoms with Gasteiger partial charge in [0.05, 0.1) is 11.1 Å². The zero-order chi connectivity index (χ0) is 13.6. The summed E-state index contributed by atoms with van der Waals surface area (Å²) in [5.74, 6) is -0.224. The van der Waals surface area contributed by atoms with E-state index in [9.17, 15) is 17.6 Å². The molecule has 19 heavy (non-hydrogen) atoms. The van der Waals surface area contributed by atoms with E-state index in [1.807, 2.05) is 0 Å². The van der Waals surface area contributed by atoms with Crippen LogP contribution in [0.3, 0.4) is 0 Å². The standard InChI is InChI=1S/C13H10F4N2/c14-10-5-8(13(15,16)17)3-4-9(10)12-18-6-11(19-12)7-1-2-7/h3-7H,1-2H2,(H,18,19). The molecule has 1 aliphatic carbocycles. The lowest BCUT2D eigenvalue weighted by molar-refractivity contribution is -0.137. The van der Waals surface area contributed by atoms with Crippen LogP contribution in [0.1, 0.15) is 30.0 Å². The highest BCUT2D eigenvalue weighted by Gasteiger charge is 2.31. The molecular weight excluding hydrogens is 260 g/mol. The summed E-state index contributed by atoms with van der Waals surface area (Å²) in [5.41, 5.74) is -0.0306. The summed E-state index contributed by atoms with van der Waals surface area (Å²) in [7, 11) is 0. The van der Waals surface area contributed by atoms with Crippen molar-refractivity contribution in [3.05, 3.63) is 41.5 Å². The van der Waals surface area contributed by atoms with Gasteiger partial charge in [-0.05, 0) is 31.0 Å². The molecule has 0 radical (unpaired) electrons. The molecule has 0 aliphatic heterocycles. The first-order valence-corrected chi connectivity index (χ1v) is 5.87. The maximum atomic E-state index is 13.7. The van der Waals surface area contributed by atoms with Crippen LogP contribution >= 0.6 is 0 Å². The van der Waals surface area contributed by atoms with E-state index in [4.69, 9.17) is 0 Å². The van der Waals surface area contributed by atoms with Crippen molar-refractivity contribution in [3.63, 3.8) is 0 Å². The predicted molar refractivity (Wildman–Crippen MR) is 61.0 cm³/mol. The largest absolute Gasteiger partial charge is 0.416 e. The first-order chi connectivity index (χ1) is 8.95. The third-order valence-corrected chi connectivity index (χ3v) is 3.16. The Bertz CT molecular complexity index is 611.